The molecule has 0 amide bonds. The lowest BCUT2D eigenvalue weighted by molar-refractivity contribution is 0.181. The molecular formula is C9H14N2O2. The van der Waals surface area contributed by atoms with Gasteiger partial charge in [-0.1, -0.05) is 0 Å². The van der Waals surface area contributed by atoms with Crippen LogP contribution in [0.1, 0.15) is 5.69 Å². The smallest absolute Gasteiger partial charge is 0.140 e. The Morgan fingerprint density at radius 2 is 2.46 bits per heavy atom. The summed E-state index contributed by atoms with van der Waals surface area (Å²) in [6.07, 6.45) is 1.55. The third-order valence-electron chi connectivity index (χ3n) is 1.77. The number of nitrogens with zero attached hydrogens (tertiary/aromatic N) is 1. The van der Waals surface area contributed by atoms with Crippen LogP contribution in [0.15, 0.2) is 18.3 Å². The minimum absolute atomic E-state index is 0.236. The van der Waals surface area contributed by atoms with Crippen molar-refractivity contribution in [3.63, 3.8) is 0 Å². The number of nitrogens with two attached hydrogens (primary N) is 1. The molecule has 1 atom stereocenters. The first-order valence-electron chi connectivity index (χ1n) is 4.14. The maximum atomic E-state index is 9.31. The van der Waals surface area contributed by atoms with Gasteiger partial charge in [0, 0.05) is 19.2 Å². The molecule has 0 aliphatic carbocycles. The first-order chi connectivity index (χ1) is 6.27. The third kappa shape index (κ3) is 2.68. The zero-order valence-corrected chi connectivity index (χ0v) is 7.60. The standard InChI is InChI=1S/C9H14N2O2/c1-13-9-3-2-4-11-8(9)5-7(12)6-10/h2-4,7,12H,5-6,10H2,1H3. The summed E-state index contributed by atoms with van der Waals surface area (Å²) in [5.41, 5.74) is 6.03. The van der Waals surface area contributed by atoms with Gasteiger partial charge in [-0.25, -0.2) is 0 Å². The predicted molar refractivity (Wildman–Crippen MR) is 49.6 cm³/mol. The van der Waals surface area contributed by atoms with Gasteiger partial charge >= 0.3 is 0 Å². The molecule has 1 unspecified atom stereocenters. The molecule has 4 nitrogen and oxygen atoms in total. The SMILES string of the molecule is COc1cccnc1CC(O)CN. The van der Waals surface area contributed by atoms with Gasteiger partial charge in [0.05, 0.1) is 18.9 Å². The fraction of sp³-hybridized carbons (Fsp3) is 0.444. The summed E-state index contributed by atoms with van der Waals surface area (Å²) in [6, 6.07) is 3.60. The van der Waals surface area contributed by atoms with E-state index in [-0.39, 0.29) is 6.54 Å². The number of aromatic nitrogens is 1. The first-order valence-corrected chi connectivity index (χ1v) is 4.14. The van der Waals surface area contributed by atoms with Crippen molar-refractivity contribution in [3.8, 4) is 5.75 Å². The van der Waals surface area contributed by atoms with Gasteiger partial charge in [-0.15, -0.1) is 0 Å². The van der Waals surface area contributed by atoms with Crippen LogP contribution < -0.4 is 10.5 Å². The van der Waals surface area contributed by atoms with Gasteiger partial charge in [-0.3, -0.25) is 4.98 Å². The summed E-state index contributed by atoms with van der Waals surface area (Å²) < 4.78 is 5.08. The Morgan fingerprint density at radius 1 is 1.69 bits per heavy atom. The molecule has 72 valence electrons. The molecule has 1 rings (SSSR count). The zero-order chi connectivity index (χ0) is 9.68. The summed E-state index contributed by atoms with van der Waals surface area (Å²) in [7, 11) is 1.58. The fourth-order valence-corrected chi connectivity index (χ4v) is 1.07. The van der Waals surface area contributed by atoms with Gasteiger partial charge in [0.25, 0.3) is 0 Å². The molecule has 0 aromatic carbocycles. The van der Waals surface area contributed by atoms with E-state index in [2.05, 4.69) is 4.98 Å². The van der Waals surface area contributed by atoms with Crippen molar-refractivity contribution in [1.82, 2.24) is 4.98 Å². The average Bonchev–Trinajstić information content (AvgIpc) is 2.18. The summed E-state index contributed by atoms with van der Waals surface area (Å²) >= 11 is 0. The maximum Gasteiger partial charge on any atom is 0.140 e. The van der Waals surface area contributed by atoms with Crippen molar-refractivity contribution < 1.29 is 9.84 Å². The maximum absolute atomic E-state index is 9.31. The van der Waals surface area contributed by atoms with Crippen molar-refractivity contribution in [2.75, 3.05) is 13.7 Å². The summed E-state index contributed by atoms with van der Waals surface area (Å²) in [4.78, 5) is 4.10. The fourth-order valence-electron chi connectivity index (χ4n) is 1.07. The molecule has 0 saturated carbocycles. The number of ether oxygens (including phenoxy) is 1. The summed E-state index contributed by atoms with van der Waals surface area (Å²) in [5, 5.41) is 9.31. The van der Waals surface area contributed by atoms with E-state index in [1.807, 2.05) is 6.07 Å². The van der Waals surface area contributed by atoms with Crippen molar-refractivity contribution in [3.05, 3.63) is 24.0 Å². The molecule has 1 heterocycles. The van der Waals surface area contributed by atoms with Crippen LogP contribution >= 0.6 is 0 Å². The first kappa shape index (κ1) is 9.95. The zero-order valence-electron chi connectivity index (χ0n) is 7.60. The molecule has 1 aromatic heterocycles. The lowest BCUT2D eigenvalue weighted by atomic mass is 10.1. The Bertz CT molecular complexity index is 266. The van der Waals surface area contributed by atoms with Crippen LogP contribution in [0.3, 0.4) is 0 Å². The van der Waals surface area contributed by atoms with Crippen LogP contribution in [0.4, 0.5) is 0 Å². The second-order valence-electron chi connectivity index (χ2n) is 2.75. The van der Waals surface area contributed by atoms with E-state index >= 15 is 0 Å². The second-order valence-corrected chi connectivity index (χ2v) is 2.75. The molecule has 0 bridgehead atoms. The molecular weight excluding hydrogens is 168 g/mol. The lowest BCUT2D eigenvalue weighted by Gasteiger charge is -2.09. The molecule has 0 saturated heterocycles. The highest BCUT2D eigenvalue weighted by Crippen LogP contribution is 2.15. The Hall–Kier alpha value is -1.13. The number of rotatable bonds is 4. The molecule has 0 radical (unpaired) electrons. The normalized spacial score (nSPS) is 12.5. The number of aliphatic hydroxyl groups is 1. The highest BCUT2D eigenvalue weighted by molar-refractivity contribution is 5.27. The van der Waals surface area contributed by atoms with Gasteiger partial charge in [0.15, 0.2) is 0 Å². The van der Waals surface area contributed by atoms with Crippen molar-refractivity contribution in [1.29, 1.82) is 0 Å². The monoisotopic (exact) mass is 182 g/mol. The Balaban J connectivity index is 2.74. The molecule has 0 fully saturated rings. The van der Waals surface area contributed by atoms with E-state index in [0.29, 0.717) is 12.2 Å². The summed E-state index contributed by atoms with van der Waals surface area (Å²) in [6.45, 7) is 0.236. The van der Waals surface area contributed by atoms with Crippen molar-refractivity contribution in [2.45, 2.75) is 12.5 Å². The molecule has 0 spiro atoms. The van der Waals surface area contributed by atoms with Gasteiger partial charge in [-0.05, 0) is 12.1 Å². The van der Waals surface area contributed by atoms with E-state index in [4.69, 9.17) is 10.5 Å². The summed E-state index contributed by atoms with van der Waals surface area (Å²) in [5.74, 6) is 0.690. The lowest BCUT2D eigenvalue weighted by Crippen LogP contribution is -2.22. The molecule has 0 aliphatic rings. The second kappa shape index (κ2) is 4.79. The van der Waals surface area contributed by atoms with Gasteiger partial charge in [0.2, 0.25) is 0 Å². The van der Waals surface area contributed by atoms with Gasteiger partial charge in [-0.2, -0.15) is 0 Å². The molecule has 1 aromatic rings. The van der Waals surface area contributed by atoms with E-state index < -0.39 is 6.10 Å². The van der Waals surface area contributed by atoms with E-state index in [0.717, 1.165) is 5.69 Å². The molecule has 3 N–H and O–H groups in total. The Morgan fingerprint density at radius 3 is 3.08 bits per heavy atom. The van der Waals surface area contributed by atoms with Gasteiger partial charge in [0.1, 0.15) is 5.75 Å². The Kier molecular flexibility index (Phi) is 3.67. The number of methoxy groups -OCH3 is 1. The Labute approximate surface area is 77.4 Å². The predicted octanol–water partition coefficient (Wildman–Crippen LogP) is -0.0477. The highest BCUT2D eigenvalue weighted by Gasteiger charge is 2.08. The number of aliphatic hydroxyl groups excluding tert-OH is 1. The van der Waals surface area contributed by atoms with Crippen molar-refractivity contribution >= 4 is 0 Å². The van der Waals surface area contributed by atoms with Crippen LogP contribution in [-0.4, -0.2) is 29.8 Å². The van der Waals surface area contributed by atoms with Crippen LogP contribution in [-0.2, 0) is 6.42 Å². The van der Waals surface area contributed by atoms with Crippen LogP contribution in [0.5, 0.6) is 5.75 Å². The van der Waals surface area contributed by atoms with Crippen molar-refractivity contribution in [2.24, 2.45) is 5.73 Å². The van der Waals surface area contributed by atoms with E-state index in [1.165, 1.54) is 0 Å². The highest BCUT2D eigenvalue weighted by atomic mass is 16.5. The van der Waals surface area contributed by atoms with E-state index in [1.54, 1.807) is 19.4 Å². The average molecular weight is 182 g/mol. The van der Waals surface area contributed by atoms with Crippen LogP contribution in [0.2, 0.25) is 0 Å². The topological polar surface area (TPSA) is 68.4 Å². The molecule has 0 aliphatic heterocycles. The largest absolute Gasteiger partial charge is 0.495 e. The molecule has 4 heteroatoms. The number of hydrogen-bond donors (Lipinski definition) is 2. The van der Waals surface area contributed by atoms with Crippen LogP contribution in [0.25, 0.3) is 0 Å². The minimum Gasteiger partial charge on any atom is -0.495 e. The number of hydrogen-bond acceptors (Lipinski definition) is 4. The van der Waals surface area contributed by atoms with E-state index in [9.17, 15) is 5.11 Å². The minimum atomic E-state index is -0.552. The number of pyridine rings is 1. The quantitative estimate of drug-likeness (QED) is 0.685. The van der Waals surface area contributed by atoms with Crippen LogP contribution in [0, 0.1) is 0 Å². The molecule has 13 heavy (non-hydrogen) atoms. The third-order valence-corrected chi connectivity index (χ3v) is 1.77. The van der Waals surface area contributed by atoms with Gasteiger partial charge < -0.3 is 15.6 Å².